The number of nitrogens with one attached hydrogen (secondary N) is 1. The molecule has 7 nitrogen and oxygen atoms in total. The SMILES string of the molecule is COc1ccccc1CNC(=O)C(C)OC(=O)CCOc1ccc(C(C)=O)cc1. The van der Waals surface area contributed by atoms with Gasteiger partial charge in [-0.3, -0.25) is 14.4 Å². The van der Waals surface area contributed by atoms with Crippen LogP contribution >= 0.6 is 0 Å². The van der Waals surface area contributed by atoms with Gasteiger partial charge >= 0.3 is 5.97 Å². The summed E-state index contributed by atoms with van der Waals surface area (Å²) in [5.74, 6) is 0.254. The van der Waals surface area contributed by atoms with Crippen LogP contribution in [-0.2, 0) is 20.9 Å². The van der Waals surface area contributed by atoms with Crippen molar-refractivity contribution >= 4 is 17.7 Å². The average Bonchev–Trinajstić information content (AvgIpc) is 2.72. The monoisotopic (exact) mass is 399 g/mol. The third-order valence-electron chi connectivity index (χ3n) is 4.16. The van der Waals surface area contributed by atoms with Crippen molar-refractivity contribution in [2.75, 3.05) is 13.7 Å². The Morgan fingerprint density at radius 1 is 1.03 bits per heavy atom. The molecule has 1 atom stereocenters. The maximum Gasteiger partial charge on any atom is 0.310 e. The van der Waals surface area contributed by atoms with E-state index in [1.807, 2.05) is 18.2 Å². The molecule has 2 aromatic rings. The van der Waals surface area contributed by atoms with Crippen LogP contribution in [0.3, 0.4) is 0 Å². The number of benzene rings is 2. The van der Waals surface area contributed by atoms with E-state index in [0.717, 1.165) is 5.56 Å². The molecule has 2 rings (SSSR count). The van der Waals surface area contributed by atoms with Crippen LogP contribution < -0.4 is 14.8 Å². The van der Waals surface area contributed by atoms with E-state index < -0.39 is 18.0 Å². The zero-order chi connectivity index (χ0) is 21.2. The first-order valence-electron chi connectivity index (χ1n) is 9.23. The molecule has 0 spiro atoms. The molecule has 2 aromatic carbocycles. The normalized spacial score (nSPS) is 11.3. The first-order valence-corrected chi connectivity index (χ1v) is 9.23. The number of Topliss-reactive ketones (excluding diaryl/α,β-unsaturated/α-hetero) is 1. The molecule has 0 radical (unpaired) electrons. The number of hydrogen-bond donors (Lipinski definition) is 1. The summed E-state index contributed by atoms with van der Waals surface area (Å²) in [5.41, 5.74) is 1.41. The highest BCUT2D eigenvalue weighted by molar-refractivity contribution is 5.94. The average molecular weight is 399 g/mol. The van der Waals surface area contributed by atoms with Crippen LogP contribution in [-0.4, -0.2) is 37.5 Å². The van der Waals surface area contributed by atoms with Gasteiger partial charge in [-0.15, -0.1) is 0 Å². The highest BCUT2D eigenvalue weighted by atomic mass is 16.5. The molecule has 29 heavy (non-hydrogen) atoms. The zero-order valence-corrected chi connectivity index (χ0v) is 16.8. The minimum Gasteiger partial charge on any atom is -0.496 e. The van der Waals surface area contributed by atoms with Gasteiger partial charge in [0.05, 0.1) is 20.1 Å². The maximum atomic E-state index is 12.1. The van der Waals surface area contributed by atoms with Crippen LogP contribution in [0.4, 0.5) is 0 Å². The highest BCUT2D eigenvalue weighted by Gasteiger charge is 2.18. The van der Waals surface area contributed by atoms with E-state index >= 15 is 0 Å². The molecule has 0 heterocycles. The fraction of sp³-hybridized carbons (Fsp3) is 0.318. The minimum atomic E-state index is -0.924. The van der Waals surface area contributed by atoms with Crippen LogP contribution in [0.2, 0.25) is 0 Å². The predicted molar refractivity (Wildman–Crippen MR) is 107 cm³/mol. The summed E-state index contributed by atoms with van der Waals surface area (Å²) in [6, 6.07) is 14.0. The number of hydrogen-bond acceptors (Lipinski definition) is 6. The molecule has 0 aliphatic heterocycles. The van der Waals surface area contributed by atoms with Gasteiger partial charge in [-0.05, 0) is 44.2 Å². The number of rotatable bonds is 10. The van der Waals surface area contributed by atoms with E-state index in [1.54, 1.807) is 37.4 Å². The van der Waals surface area contributed by atoms with Gasteiger partial charge in [-0.25, -0.2) is 0 Å². The Kier molecular flexibility index (Phi) is 8.21. The number of amides is 1. The molecular formula is C22H25NO6. The smallest absolute Gasteiger partial charge is 0.310 e. The molecule has 154 valence electrons. The molecule has 1 unspecified atom stereocenters. The van der Waals surface area contributed by atoms with Gasteiger partial charge in [0.2, 0.25) is 0 Å². The van der Waals surface area contributed by atoms with Crippen molar-refractivity contribution in [1.29, 1.82) is 0 Å². The van der Waals surface area contributed by atoms with Crippen molar-refractivity contribution in [2.45, 2.75) is 32.9 Å². The topological polar surface area (TPSA) is 90.9 Å². The fourth-order valence-electron chi connectivity index (χ4n) is 2.52. The predicted octanol–water partition coefficient (Wildman–Crippen LogP) is 2.91. The Balaban J connectivity index is 1.72. The summed E-state index contributed by atoms with van der Waals surface area (Å²) in [4.78, 5) is 35.3. The molecule has 0 saturated heterocycles. The fourth-order valence-corrected chi connectivity index (χ4v) is 2.52. The standard InChI is InChI=1S/C22H25NO6/c1-15(24)17-8-10-19(11-9-17)28-13-12-21(25)29-16(2)22(26)23-14-18-6-4-5-7-20(18)27-3/h4-11,16H,12-14H2,1-3H3,(H,23,26). The Labute approximate surface area is 170 Å². The van der Waals surface area contributed by atoms with Crippen LogP contribution in [0.1, 0.15) is 36.2 Å². The van der Waals surface area contributed by atoms with E-state index in [9.17, 15) is 14.4 Å². The number of esters is 1. The zero-order valence-electron chi connectivity index (χ0n) is 16.8. The second kappa shape index (κ2) is 10.8. The van der Waals surface area contributed by atoms with Crippen molar-refractivity contribution < 1.29 is 28.6 Å². The first kappa shape index (κ1) is 21.9. The van der Waals surface area contributed by atoms with Gasteiger partial charge in [-0.1, -0.05) is 18.2 Å². The summed E-state index contributed by atoms with van der Waals surface area (Å²) in [7, 11) is 1.56. The van der Waals surface area contributed by atoms with Crippen LogP contribution in [0.5, 0.6) is 11.5 Å². The third kappa shape index (κ3) is 6.95. The first-order chi connectivity index (χ1) is 13.9. The van der Waals surface area contributed by atoms with Crippen LogP contribution in [0.15, 0.2) is 48.5 Å². The van der Waals surface area contributed by atoms with Gasteiger partial charge in [0, 0.05) is 17.7 Å². The summed E-state index contributed by atoms with van der Waals surface area (Å²) in [6.07, 6.45) is -0.925. The van der Waals surface area contributed by atoms with Gasteiger partial charge < -0.3 is 19.5 Å². The summed E-state index contributed by atoms with van der Waals surface area (Å²) in [6.45, 7) is 3.37. The van der Waals surface area contributed by atoms with Crippen LogP contribution in [0.25, 0.3) is 0 Å². The number of methoxy groups -OCH3 is 1. The maximum absolute atomic E-state index is 12.1. The van der Waals surface area contributed by atoms with Gasteiger partial charge in [0.25, 0.3) is 5.91 Å². The summed E-state index contributed by atoms with van der Waals surface area (Å²) in [5, 5.41) is 2.72. The second-order valence-electron chi connectivity index (χ2n) is 6.34. The van der Waals surface area contributed by atoms with Gasteiger partial charge in [0.15, 0.2) is 11.9 Å². The van der Waals surface area contributed by atoms with Gasteiger partial charge in [0.1, 0.15) is 11.5 Å². The van der Waals surface area contributed by atoms with E-state index in [-0.39, 0.29) is 25.4 Å². The third-order valence-corrected chi connectivity index (χ3v) is 4.16. The second-order valence-corrected chi connectivity index (χ2v) is 6.34. The lowest BCUT2D eigenvalue weighted by Crippen LogP contribution is -2.35. The Hall–Kier alpha value is -3.35. The number of carbonyl (C=O) groups is 3. The summed E-state index contributed by atoms with van der Waals surface area (Å²) >= 11 is 0. The molecule has 0 bridgehead atoms. The molecule has 1 amide bonds. The number of ether oxygens (including phenoxy) is 3. The highest BCUT2D eigenvalue weighted by Crippen LogP contribution is 2.17. The largest absolute Gasteiger partial charge is 0.496 e. The molecule has 0 saturated carbocycles. The number of para-hydroxylation sites is 1. The Bertz CT molecular complexity index is 847. The Morgan fingerprint density at radius 2 is 1.72 bits per heavy atom. The van der Waals surface area contributed by atoms with E-state index in [1.165, 1.54) is 13.8 Å². The molecule has 0 aromatic heterocycles. The van der Waals surface area contributed by atoms with Crippen molar-refractivity contribution in [3.8, 4) is 11.5 Å². The lowest BCUT2D eigenvalue weighted by Gasteiger charge is -2.15. The lowest BCUT2D eigenvalue weighted by molar-refractivity contribution is -0.155. The minimum absolute atomic E-state index is 0.00140. The lowest BCUT2D eigenvalue weighted by atomic mass is 10.1. The number of carbonyl (C=O) groups excluding carboxylic acids is 3. The van der Waals surface area contributed by atoms with Crippen molar-refractivity contribution in [2.24, 2.45) is 0 Å². The van der Waals surface area contributed by atoms with Gasteiger partial charge in [-0.2, -0.15) is 0 Å². The van der Waals surface area contributed by atoms with E-state index in [2.05, 4.69) is 5.32 Å². The summed E-state index contributed by atoms with van der Waals surface area (Å²) < 4.78 is 15.8. The van der Waals surface area contributed by atoms with Crippen molar-refractivity contribution in [1.82, 2.24) is 5.32 Å². The van der Waals surface area contributed by atoms with E-state index in [0.29, 0.717) is 17.1 Å². The van der Waals surface area contributed by atoms with E-state index in [4.69, 9.17) is 14.2 Å². The molecule has 0 aliphatic carbocycles. The molecule has 7 heteroatoms. The molecule has 1 N–H and O–H groups in total. The van der Waals surface area contributed by atoms with Crippen LogP contribution in [0, 0.1) is 0 Å². The molecule has 0 fully saturated rings. The Morgan fingerprint density at radius 3 is 2.38 bits per heavy atom. The number of ketones is 1. The molecule has 0 aliphatic rings. The van der Waals surface area contributed by atoms with Crippen molar-refractivity contribution in [3.05, 3.63) is 59.7 Å². The quantitative estimate of drug-likeness (QED) is 0.488. The molecular weight excluding hydrogens is 374 g/mol. The van der Waals surface area contributed by atoms with Crippen molar-refractivity contribution in [3.63, 3.8) is 0 Å².